The Morgan fingerprint density at radius 1 is 0.917 bits per heavy atom. The molecule has 0 saturated heterocycles. The first-order valence-electron chi connectivity index (χ1n) is 9.31. The van der Waals surface area contributed by atoms with Gasteiger partial charge in [0.1, 0.15) is 0 Å². The van der Waals surface area contributed by atoms with E-state index in [0.29, 0.717) is 5.92 Å². The minimum atomic E-state index is 0.658. The van der Waals surface area contributed by atoms with Gasteiger partial charge < -0.3 is 0 Å². The van der Waals surface area contributed by atoms with Gasteiger partial charge in [-0.2, -0.15) is 0 Å². The van der Waals surface area contributed by atoms with Crippen LogP contribution in [0.4, 0.5) is 0 Å². The van der Waals surface area contributed by atoms with Gasteiger partial charge in [-0.05, 0) is 72.2 Å². The summed E-state index contributed by atoms with van der Waals surface area (Å²) in [6.07, 6.45) is 8.10. The number of pyridine rings is 1. The molecule has 0 atom stereocenters. The highest BCUT2D eigenvalue weighted by molar-refractivity contribution is 5.95. The van der Waals surface area contributed by atoms with Crippen molar-refractivity contribution in [1.82, 2.24) is 4.98 Å². The fourth-order valence-electron chi connectivity index (χ4n) is 4.16. The topological polar surface area (TPSA) is 12.9 Å². The summed E-state index contributed by atoms with van der Waals surface area (Å²) in [6, 6.07) is 16.0. The van der Waals surface area contributed by atoms with Gasteiger partial charge in [-0.15, -0.1) is 0 Å². The van der Waals surface area contributed by atoms with Crippen LogP contribution in [0.25, 0.3) is 22.0 Å². The van der Waals surface area contributed by atoms with Gasteiger partial charge >= 0.3 is 0 Å². The molecule has 0 unspecified atom stereocenters. The number of hydrogen-bond acceptors (Lipinski definition) is 1. The van der Waals surface area contributed by atoms with Crippen LogP contribution in [-0.2, 0) is 12.8 Å². The van der Waals surface area contributed by atoms with Crippen LogP contribution in [0, 0.1) is 0 Å². The highest BCUT2D eigenvalue weighted by atomic mass is 14.7. The molecule has 0 N–H and O–H groups in total. The molecule has 24 heavy (non-hydrogen) atoms. The molecule has 0 saturated carbocycles. The quantitative estimate of drug-likeness (QED) is 0.551. The molecule has 1 heterocycles. The van der Waals surface area contributed by atoms with E-state index in [1.807, 2.05) is 6.20 Å². The highest BCUT2D eigenvalue weighted by Crippen LogP contribution is 2.33. The van der Waals surface area contributed by atoms with Gasteiger partial charge in [-0.25, -0.2) is 0 Å². The van der Waals surface area contributed by atoms with Gasteiger partial charge in [0.25, 0.3) is 0 Å². The smallest absolute Gasteiger partial charge is 0.0780 e. The monoisotopic (exact) mass is 315 g/mol. The summed E-state index contributed by atoms with van der Waals surface area (Å²) in [5.41, 5.74) is 6.88. The lowest BCUT2D eigenvalue weighted by Gasteiger charge is -2.14. The molecular formula is C23H25N. The van der Waals surface area contributed by atoms with Crippen LogP contribution in [0.1, 0.15) is 55.7 Å². The molecule has 3 aromatic rings. The predicted molar refractivity (Wildman–Crippen MR) is 103 cm³/mol. The summed E-state index contributed by atoms with van der Waals surface area (Å²) >= 11 is 0. The second-order valence-corrected chi connectivity index (χ2v) is 6.99. The molecule has 0 bridgehead atoms. The first kappa shape index (κ1) is 15.4. The Bertz CT molecular complexity index is 874. The average molecular weight is 315 g/mol. The summed E-state index contributed by atoms with van der Waals surface area (Å²) < 4.78 is 0. The van der Waals surface area contributed by atoms with Crippen molar-refractivity contribution in [2.75, 3.05) is 0 Å². The van der Waals surface area contributed by atoms with Crippen LogP contribution in [0.3, 0.4) is 0 Å². The normalized spacial score (nSPS) is 13.6. The third kappa shape index (κ3) is 2.62. The third-order valence-electron chi connectivity index (χ3n) is 5.62. The second-order valence-electron chi connectivity index (χ2n) is 6.99. The first-order chi connectivity index (χ1) is 11.8. The van der Waals surface area contributed by atoms with E-state index >= 15 is 0 Å². The van der Waals surface area contributed by atoms with Crippen molar-refractivity contribution in [3.8, 4) is 11.3 Å². The molecule has 0 spiro atoms. The SMILES string of the molecule is CCC(CC)c1ccc2c(-c3ccc4c(c3)CCC4)nccc2c1. The maximum atomic E-state index is 4.72. The second kappa shape index (κ2) is 6.39. The molecule has 1 heteroatoms. The van der Waals surface area contributed by atoms with Gasteiger partial charge in [0, 0.05) is 17.1 Å². The van der Waals surface area contributed by atoms with Crippen LogP contribution in [0.2, 0.25) is 0 Å². The Hall–Kier alpha value is -2.15. The van der Waals surface area contributed by atoms with Gasteiger partial charge in [0.2, 0.25) is 0 Å². The van der Waals surface area contributed by atoms with Gasteiger partial charge in [-0.3, -0.25) is 4.98 Å². The Morgan fingerprint density at radius 2 is 1.75 bits per heavy atom. The molecule has 1 aromatic heterocycles. The predicted octanol–water partition coefficient (Wildman–Crippen LogP) is 6.29. The molecule has 0 radical (unpaired) electrons. The van der Waals surface area contributed by atoms with E-state index in [0.717, 1.165) is 5.69 Å². The van der Waals surface area contributed by atoms with Crippen molar-refractivity contribution in [2.45, 2.75) is 51.9 Å². The van der Waals surface area contributed by atoms with E-state index in [9.17, 15) is 0 Å². The number of aromatic nitrogens is 1. The number of rotatable bonds is 4. The molecular weight excluding hydrogens is 290 g/mol. The minimum Gasteiger partial charge on any atom is -0.256 e. The Kier molecular flexibility index (Phi) is 4.10. The fourth-order valence-corrected chi connectivity index (χ4v) is 4.16. The van der Waals surface area contributed by atoms with Crippen molar-refractivity contribution in [1.29, 1.82) is 0 Å². The molecule has 1 nitrogen and oxygen atoms in total. The van der Waals surface area contributed by atoms with Crippen molar-refractivity contribution in [3.63, 3.8) is 0 Å². The largest absolute Gasteiger partial charge is 0.256 e. The zero-order chi connectivity index (χ0) is 16.5. The van der Waals surface area contributed by atoms with Gasteiger partial charge in [0.05, 0.1) is 5.69 Å². The van der Waals surface area contributed by atoms with E-state index in [2.05, 4.69) is 56.3 Å². The standard InChI is InChI=1S/C23H25N/c1-3-16(4-2)19-10-11-22-20(14-19)12-13-24-23(22)21-9-8-17-6-5-7-18(17)15-21/h8-16H,3-7H2,1-2H3. The van der Waals surface area contributed by atoms with Crippen molar-refractivity contribution in [3.05, 3.63) is 65.4 Å². The van der Waals surface area contributed by atoms with E-state index < -0.39 is 0 Å². The zero-order valence-corrected chi connectivity index (χ0v) is 14.7. The minimum absolute atomic E-state index is 0.658. The molecule has 0 aliphatic heterocycles. The number of benzene rings is 2. The Labute approximate surface area is 144 Å². The highest BCUT2D eigenvalue weighted by Gasteiger charge is 2.14. The lowest BCUT2D eigenvalue weighted by atomic mass is 9.91. The van der Waals surface area contributed by atoms with Crippen molar-refractivity contribution < 1.29 is 0 Å². The lowest BCUT2D eigenvalue weighted by molar-refractivity contribution is 0.643. The molecule has 1 aliphatic rings. The lowest BCUT2D eigenvalue weighted by Crippen LogP contribution is -1.96. The Balaban J connectivity index is 1.82. The van der Waals surface area contributed by atoms with E-state index in [-0.39, 0.29) is 0 Å². The third-order valence-corrected chi connectivity index (χ3v) is 5.62. The first-order valence-corrected chi connectivity index (χ1v) is 9.31. The zero-order valence-electron chi connectivity index (χ0n) is 14.7. The summed E-state index contributed by atoms with van der Waals surface area (Å²) in [6.45, 7) is 4.56. The van der Waals surface area contributed by atoms with Crippen LogP contribution < -0.4 is 0 Å². The molecule has 122 valence electrons. The molecule has 1 aliphatic carbocycles. The molecule has 2 aromatic carbocycles. The molecule has 0 fully saturated rings. The van der Waals surface area contributed by atoms with Crippen LogP contribution in [0.15, 0.2) is 48.7 Å². The average Bonchev–Trinajstić information content (AvgIpc) is 3.10. The summed E-state index contributed by atoms with van der Waals surface area (Å²) in [4.78, 5) is 4.72. The summed E-state index contributed by atoms with van der Waals surface area (Å²) in [5.74, 6) is 0.658. The van der Waals surface area contributed by atoms with E-state index in [1.54, 1.807) is 0 Å². The number of fused-ring (bicyclic) bond motifs is 2. The Morgan fingerprint density at radius 3 is 2.58 bits per heavy atom. The number of nitrogens with zero attached hydrogens (tertiary/aromatic N) is 1. The number of hydrogen-bond donors (Lipinski definition) is 0. The van der Waals surface area contributed by atoms with Gasteiger partial charge in [0.15, 0.2) is 0 Å². The fraction of sp³-hybridized carbons (Fsp3) is 0.348. The maximum Gasteiger partial charge on any atom is 0.0780 e. The molecule has 4 rings (SSSR count). The van der Waals surface area contributed by atoms with Crippen LogP contribution in [0.5, 0.6) is 0 Å². The van der Waals surface area contributed by atoms with Crippen molar-refractivity contribution >= 4 is 10.8 Å². The van der Waals surface area contributed by atoms with Gasteiger partial charge in [-0.1, -0.05) is 44.2 Å². The summed E-state index contributed by atoms with van der Waals surface area (Å²) in [5, 5.41) is 2.58. The summed E-state index contributed by atoms with van der Waals surface area (Å²) in [7, 11) is 0. The maximum absolute atomic E-state index is 4.72. The molecule has 0 amide bonds. The number of aryl methyl sites for hydroxylation is 2. The van der Waals surface area contributed by atoms with E-state index in [1.165, 1.54) is 65.1 Å². The van der Waals surface area contributed by atoms with Crippen LogP contribution >= 0.6 is 0 Å². The van der Waals surface area contributed by atoms with Crippen LogP contribution in [-0.4, -0.2) is 4.98 Å². The van der Waals surface area contributed by atoms with E-state index in [4.69, 9.17) is 4.98 Å². The van der Waals surface area contributed by atoms with Crippen molar-refractivity contribution in [2.24, 2.45) is 0 Å².